The zero-order valence-electron chi connectivity index (χ0n) is 14.8. The van der Waals surface area contributed by atoms with E-state index in [-0.39, 0.29) is 28.4 Å². The molecule has 4 aliphatic rings. The standard InChI is InChI=1S/C20H21BrF2O4/c21-20-8-12-5-13(9-20)7-19(6-12,11-20)17(25)26-10-16(24)14-1-3-15(4-2-14)27-18(22)23/h1-4,12-13,18H,5-11H2/t12-,13+,19?,20?. The average Bonchev–Trinajstić information content (AvgIpc) is 2.57. The van der Waals surface area contributed by atoms with Crippen LogP contribution in [0.5, 0.6) is 5.75 Å². The third-order valence-electron chi connectivity index (χ3n) is 6.16. The van der Waals surface area contributed by atoms with E-state index in [2.05, 4.69) is 20.7 Å². The largest absolute Gasteiger partial charge is 0.457 e. The third kappa shape index (κ3) is 3.75. The van der Waals surface area contributed by atoms with Crippen LogP contribution in [0, 0.1) is 17.3 Å². The number of halogens is 3. The number of ketones is 1. The quantitative estimate of drug-likeness (QED) is 0.362. The van der Waals surface area contributed by atoms with Crippen LogP contribution in [-0.4, -0.2) is 29.3 Å². The molecule has 0 spiro atoms. The Morgan fingerprint density at radius 3 is 2.30 bits per heavy atom. The number of hydrogen-bond donors (Lipinski definition) is 0. The molecular formula is C20H21BrF2O4. The van der Waals surface area contributed by atoms with Gasteiger partial charge in [-0.05, 0) is 74.6 Å². The molecule has 5 rings (SSSR count). The lowest BCUT2D eigenvalue weighted by atomic mass is 9.49. The van der Waals surface area contributed by atoms with Gasteiger partial charge in [0, 0.05) is 9.89 Å². The molecule has 7 heteroatoms. The topological polar surface area (TPSA) is 52.6 Å². The predicted molar refractivity (Wildman–Crippen MR) is 97.1 cm³/mol. The summed E-state index contributed by atoms with van der Waals surface area (Å²) < 4.78 is 34.1. The molecule has 0 saturated heterocycles. The van der Waals surface area contributed by atoms with E-state index < -0.39 is 12.0 Å². The SMILES string of the molecule is O=C(COC(=O)C12C[C@@H]3C[C@@H](CC(Br)(C3)C1)C2)c1ccc(OC(F)F)cc1. The summed E-state index contributed by atoms with van der Waals surface area (Å²) in [6, 6.07) is 5.39. The van der Waals surface area contributed by atoms with Crippen LogP contribution in [0.3, 0.4) is 0 Å². The van der Waals surface area contributed by atoms with Gasteiger partial charge in [-0.15, -0.1) is 0 Å². The molecule has 0 amide bonds. The Morgan fingerprint density at radius 1 is 1.11 bits per heavy atom. The Labute approximate surface area is 164 Å². The second-order valence-electron chi connectivity index (χ2n) is 8.29. The molecular weight excluding hydrogens is 422 g/mol. The van der Waals surface area contributed by atoms with Gasteiger partial charge in [-0.2, -0.15) is 8.78 Å². The number of esters is 1. The fourth-order valence-corrected chi connectivity index (χ4v) is 7.03. The molecule has 0 radical (unpaired) electrons. The molecule has 4 aliphatic carbocycles. The highest BCUT2D eigenvalue weighted by Crippen LogP contribution is 2.64. The van der Waals surface area contributed by atoms with Crippen LogP contribution in [-0.2, 0) is 9.53 Å². The summed E-state index contributed by atoms with van der Waals surface area (Å²) >= 11 is 3.86. The Hall–Kier alpha value is -1.50. The van der Waals surface area contributed by atoms with Gasteiger partial charge in [0.1, 0.15) is 5.75 Å². The molecule has 0 heterocycles. The highest BCUT2D eigenvalue weighted by Gasteiger charge is 2.60. The molecule has 146 valence electrons. The van der Waals surface area contributed by atoms with Gasteiger partial charge in [-0.25, -0.2) is 0 Å². The van der Waals surface area contributed by atoms with Crippen molar-refractivity contribution < 1.29 is 27.8 Å². The lowest BCUT2D eigenvalue weighted by Crippen LogP contribution is -2.56. The first-order valence-corrected chi connectivity index (χ1v) is 10.0. The van der Waals surface area contributed by atoms with Gasteiger partial charge in [0.15, 0.2) is 12.4 Å². The van der Waals surface area contributed by atoms with Crippen LogP contribution in [0.25, 0.3) is 0 Å². The van der Waals surface area contributed by atoms with Gasteiger partial charge in [-0.3, -0.25) is 9.59 Å². The maximum atomic E-state index is 12.9. The molecule has 4 saturated carbocycles. The summed E-state index contributed by atoms with van der Waals surface area (Å²) in [7, 11) is 0. The summed E-state index contributed by atoms with van der Waals surface area (Å²) in [6.45, 7) is -3.24. The molecule has 4 nitrogen and oxygen atoms in total. The van der Waals surface area contributed by atoms with E-state index in [4.69, 9.17) is 4.74 Å². The first-order valence-electron chi connectivity index (χ1n) is 9.21. The van der Waals surface area contributed by atoms with E-state index in [1.807, 2.05) is 0 Å². The summed E-state index contributed by atoms with van der Waals surface area (Å²) in [6.07, 6.45) is 5.90. The lowest BCUT2D eigenvalue weighted by molar-refractivity contribution is -0.168. The minimum Gasteiger partial charge on any atom is -0.457 e. The molecule has 1 aromatic rings. The molecule has 4 bridgehead atoms. The number of ether oxygens (including phenoxy) is 2. The van der Waals surface area contributed by atoms with Crippen LogP contribution in [0.4, 0.5) is 8.78 Å². The summed E-state index contributed by atoms with van der Waals surface area (Å²) in [5.41, 5.74) is -0.171. The van der Waals surface area contributed by atoms with Gasteiger partial charge in [-0.1, -0.05) is 15.9 Å². The Bertz CT molecular complexity index is 735. The second kappa shape index (κ2) is 6.83. The predicted octanol–water partition coefficient (Wildman–Crippen LogP) is 4.75. The number of rotatable bonds is 6. The smallest absolute Gasteiger partial charge is 0.387 e. The summed E-state index contributed by atoms with van der Waals surface area (Å²) in [5, 5.41) is 0. The van der Waals surface area contributed by atoms with Crippen molar-refractivity contribution >= 4 is 27.7 Å². The maximum absolute atomic E-state index is 12.9. The molecule has 2 unspecified atom stereocenters. The summed E-state index contributed by atoms with van der Waals surface area (Å²) in [5.74, 6) is 0.457. The number of Topliss-reactive ketones (excluding diaryl/α,β-unsaturated/α-hetero) is 1. The normalized spacial score (nSPS) is 33.9. The molecule has 4 fully saturated rings. The fraction of sp³-hybridized carbons (Fsp3) is 0.600. The van der Waals surface area contributed by atoms with Crippen LogP contribution < -0.4 is 4.74 Å². The van der Waals surface area contributed by atoms with Crippen molar-refractivity contribution in [2.45, 2.75) is 49.5 Å². The molecule has 1 aromatic carbocycles. The van der Waals surface area contributed by atoms with E-state index in [1.165, 1.54) is 30.7 Å². The van der Waals surface area contributed by atoms with Gasteiger partial charge < -0.3 is 9.47 Å². The van der Waals surface area contributed by atoms with Gasteiger partial charge in [0.25, 0.3) is 0 Å². The van der Waals surface area contributed by atoms with E-state index in [1.54, 1.807) is 0 Å². The van der Waals surface area contributed by atoms with Gasteiger partial charge in [0.05, 0.1) is 5.41 Å². The van der Waals surface area contributed by atoms with E-state index in [0.717, 1.165) is 32.1 Å². The van der Waals surface area contributed by atoms with Crippen molar-refractivity contribution in [3.8, 4) is 5.75 Å². The van der Waals surface area contributed by atoms with Crippen molar-refractivity contribution in [3.63, 3.8) is 0 Å². The number of carbonyl (C=O) groups excluding carboxylic acids is 2. The fourth-order valence-electron chi connectivity index (χ4n) is 5.58. The highest BCUT2D eigenvalue weighted by atomic mass is 79.9. The Balaban J connectivity index is 1.37. The van der Waals surface area contributed by atoms with Crippen LogP contribution in [0.1, 0.15) is 48.9 Å². The number of benzene rings is 1. The first-order chi connectivity index (χ1) is 12.8. The zero-order chi connectivity index (χ0) is 19.2. The van der Waals surface area contributed by atoms with Crippen LogP contribution in [0.15, 0.2) is 24.3 Å². The Morgan fingerprint density at radius 2 is 1.74 bits per heavy atom. The van der Waals surface area contributed by atoms with Crippen LogP contribution in [0.2, 0.25) is 0 Å². The molecule has 0 N–H and O–H groups in total. The monoisotopic (exact) mass is 442 g/mol. The first kappa shape index (κ1) is 18.8. The number of alkyl halides is 3. The van der Waals surface area contributed by atoms with E-state index >= 15 is 0 Å². The van der Waals surface area contributed by atoms with Crippen molar-refractivity contribution in [1.29, 1.82) is 0 Å². The molecule has 0 aliphatic heterocycles. The highest BCUT2D eigenvalue weighted by molar-refractivity contribution is 9.10. The van der Waals surface area contributed by atoms with E-state index in [9.17, 15) is 18.4 Å². The maximum Gasteiger partial charge on any atom is 0.387 e. The summed E-state index contributed by atoms with van der Waals surface area (Å²) in [4.78, 5) is 25.1. The third-order valence-corrected chi connectivity index (χ3v) is 7.09. The number of carbonyl (C=O) groups is 2. The minimum atomic E-state index is -2.91. The van der Waals surface area contributed by atoms with Crippen LogP contribution >= 0.6 is 15.9 Å². The second-order valence-corrected chi connectivity index (χ2v) is 9.98. The van der Waals surface area contributed by atoms with Gasteiger partial charge >= 0.3 is 12.6 Å². The van der Waals surface area contributed by atoms with Crippen molar-refractivity contribution in [2.75, 3.05) is 6.61 Å². The average molecular weight is 443 g/mol. The van der Waals surface area contributed by atoms with Gasteiger partial charge in [0.2, 0.25) is 0 Å². The van der Waals surface area contributed by atoms with Crippen molar-refractivity contribution in [3.05, 3.63) is 29.8 Å². The Kier molecular flexibility index (Phi) is 4.77. The molecule has 27 heavy (non-hydrogen) atoms. The molecule has 4 atom stereocenters. The zero-order valence-corrected chi connectivity index (χ0v) is 16.3. The minimum absolute atomic E-state index is 0.0188. The number of hydrogen-bond acceptors (Lipinski definition) is 4. The lowest BCUT2D eigenvalue weighted by Gasteiger charge is -2.58. The molecule has 0 aromatic heterocycles. The van der Waals surface area contributed by atoms with Crippen molar-refractivity contribution in [1.82, 2.24) is 0 Å². The van der Waals surface area contributed by atoms with E-state index in [0.29, 0.717) is 17.4 Å². The van der Waals surface area contributed by atoms with Crippen molar-refractivity contribution in [2.24, 2.45) is 17.3 Å².